The lowest BCUT2D eigenvalue weighted by molar-refractivity contribution is 0.207. The Morgan fingerprint density at radius 1 is 0.483 bits per heavy atom. The maximum absolute atomic E-state index is 12.6. The van der Waals surface area contributed by atoms with Gasteiger partial charge in [-0.3, -0.25) is 9.11 Å². The molecule has 0 spiro atoms. The van der Waals surface area contributed by atoms with E-state index in [1.807, 2.05) is 36.4 Å². The van der Waals surface area contributed by atoms with E-state index in [4.69, 9.17) is 0 Å². The molecule has 2 heterocycles. The minimum atomic E-state index is -4.86. The molecule has 0 aliphatic carbocycles. The molecule has 0 radical (unpaired) electrons. The van der Waals surface area contributed by atoms with Gasteiger partial charge in [-0.15, -0.1) is 0 Å². The van der Waals surface area contributed by atoms with Crippen LogP contribution in [0.15, 0.2) is 107 Å². The van der Waals surface area contributed by atoms with Crippen LogP contribution in [0.3, 0.4) is 0 Å². The van der Waals surface area contributed by atoms with E-state index in [1.165, 1.54) is 36.4 Å². The highest BCUT2D eigenvalue weighted by atomic mass is 32.2. The average molecular weight is 857 g/mol. The molecule has 312 valence electrons. The maximum Gasteiger partial charge on any atom is 0.295 e. The molecular formula is C38H40N12O8S2. The smallest absolute Gasteiger partial charge is 0.295 e. The number of aromatic nitrogens is 6. The van der Waals surface area contributed by atoms with E-state index in [2.05, 4.69) is 61.8 Å². The standard InChI is InChI=1S/C38H40N12O8S2/c1-23(51)21-39-33-45-35(41-27-9-5-3-6-10-27)49-37(47-33)43-29-17-15-25(31(19-29)59(53,54)55)13-14-26-16-18-30(20-32(26)60(56,57)58)44-38-48-34(40-22-24(2)52)46-36(50-38)42-28-11-7-4-8-12-28/h3-20,23-24,51-52H,21-22H2,1-2H3,(H,53,54,55)(H,56,57,58)(H3,39,41,43,45,47,49)(H3,40,42,44,46,48,50)/b14-13+. The fraction of sp³-hybridized carbons (Fsp3) is 0.158. The first kappa shape index (κ1) is 42.8. The third-order valence-electron chi connectivity index (χ3n) is 7.98. The van der Waals surface area contributed by atoms with Crippen LogP contribution in [0.4, 0.5) is 58.4 Å². The summed E-state index contributed by atoms with van der Waals surface area (Å²) in [6.45, 7) is 3.40. The third-order valence-corrected chi connectivity index (χ3v) is 9.80. The number of aliphatic hydroxyl groups is 2. The van der Waals surface area contributed by atoms with Crippen LogP contribution in [0.25, 0.3) is 12.2 Å². The molecule has 0 amide bonds. The van der Waals surface area contributed by atoms with Crippen molar-refractivity contribution >= 4 is 90.8 Å². The molecule has 10 N–H and O–H groups in total. The molecule has 2 aromatic heterocycles. The van der Waals surface area contributed by atoms with Gasteiger partial charge in [-0.2, -0.15) is 46.7 Å². The second-order valence-electron chi connectivity index (χ2n) is 13.1. The predicted molar refractivity (Wildman–Crippen MR) is 227 cm³/mol. The van der Waals surface area contributed by atoms with Crippen molar-refractivity contribution in [2.45, 2.75) is 35.8 Å². The van der Waals surface area contributed by atoms with Crippen LogP contribution in [-0.2, 0) is 20.2 Å². The summed E-state index contributed by atoms with van der Waals surface area (Å²) >= 11 is 0. The van der Waals surface area contributed by atoms with Crippen LogP contribution >= 0.6 is 0 Å². The second kappa shape index (κ2) is 18.8. The summed E-state index contributed by atoms with van der Waals surface area (Å²) in [6.07, 6.45) is 1.06. The summed E-state index contributed by atoms with van der Waals surface area (Å²) in [5, 5.41) is 37.2. The Bertz CT molecular complexity index is 2510. The van der Waals surface area contributed by atoms with Crippen molar-refractivity contribution < 1.29 is 36.2 Å². The zero-order chi connectivity index (χ0) is 42.9. The van der Waals surface area contributed by atoms with Crippen molar-refractivity contribution in [2.24, 2.45) is 0 Å². The highest BCUT2D eigenvalue weighted by Gasteiger charge is 2.19. The molecule has 6 aromatic rings. The topological polar surface area (TPSA) is 299 Å². The Balaban J connectivity index is 1.27. The van der Waals surface area contributed by atoms with E-state index in [1.54, 1.807) is 38.1 Å². The normalized spacial score (nSPS) is 12.7. The predicted octanol–water partition coefficient (Wildman–Crippen LogP) is 5.28. The van der Waals surface area contributed by atoms with Crippen LogP contribution in [0, 0.1) is 0 Å². The van der Waals surface area contributed by atoms with Crippen LogP contribution in [0.1, 0.15) is 25.0 Å². The molecule has 0 saturated carbocycles. The molecular weight excluding hydrogens is 817 g/mol. The molecule has 0 aliphatic rings. The Morgan fingerprint density at radius 3 is 1.12 bits per heavy atom. The van der Waals surface area contributed by atoms with Crippen molar-refractivity contribution in [3.05, 3.63) is 108 Å². The number of hydrogen-bond donors (Lipinski definition) is 10. The molecule has 20 nitrogen and oxygen atoms in total. The minimum Gasteiger partial charge on any atom is -0.392 e. The molecule has 0 aliphatic heterocycles. The summed E-state index contributed by atoms with van der Waals surface area (Å²) < 4.78 is 70.9. The number of para-hydroxylation sites is 2. The first-order chi connectivity index (χ1) is 28.6. The summed E-state index contributed by atoms with van der Waals surface area (Å²) in [5.41, 5.74) is 1.58. The fourth-order valence-electron chi connectivity index (χ4n) is 5.30. The molecule has 2 atom stereocenters. The van der Waals surface area contributed by atoms with Gasteiger partial charge in [0, 0.05) is 35.8 Å². The van der Waals surface area contributed by atoms with Gasteiger partial charge in [-0.25, -0.2) is 0 Å². The van der Waals surface area contributed by atoms with Crippen LogP contribution in [0.5, 0.6) is 0 Å². The van der Waals surface area contributed by atoms with Gasteiger partial charge in [-0.05, 0) is 73.5 Å². The summed E-state index contributed by atoms with van der Waals surface area (Å²) in [4.78, 5) is 24.9. The maximum atomic E-state index is 12.6. The highest BCUT2D eigenvalue weighted by molar-refractivity contribution is 7.86. The fourth-order valence-corrected chi connectivity index (χ4v) is 6.72. The van der Waals surface area contributed by atoms with Crippen molar-refractivity contribution in [2.75, 3.05) is 45.0 Å². The molecule has 4 aromatic carbocycles. The minimum absolute atomic E-state index is 0.0133. The van der Waals surface area contributed by atoms with Crippen molar-refractivity contribution in [3.63, 3.8) is 0 Å². The first-order valence-corrected chi connectivity index (χ1v) is 20.9. The summed E-state index contributed by atoms with van der Waals surface area (Å²) in [7, 11) is -9.72. The Kier molecular flexibility index (Phi) is 13.4. The number of anilines is 10. The zero-order valence-electron chi connectivity index (χ0n) is 31.9. The molecule has 6 rings (SSSR count). The van der Waals surface area contributed by atoms with Gasteiger partial charge >= 0.3 is 0 Å². The molecule has 0 fully saturated rings. The molecule has 60 heavy (non-hydrogen) atoms. The van der Waals surface area contributed by atoms with Gasteiger partial charge in [0.15, 0.2) is 0 Å². The lowest BCUT2D eigenvalue weighted by Crippen LogP contribution is -2.18. The number of nitrogens with zero attached hydrogens (tertiary/aromatic N) is 6. The lowest BCUT2D eigenvalue weighted by Gasteiger charge is -2.13. The SMILES string of the molecule is CC(O)CNc1nc(Nc2ccccc2)nc(Nc2ccc(/C=C/c3ccc(Nc4nc(NCC(C)O)nc(Nc5ccccc5)n4)cc3S(=O)(=O)O)c(S(=O)(=O)O)c2)n1. The molecule has 0 saturated heterocycles. The zero-order valence-corrected chi connectivity index (χ0v) is 33.5. The van der Waals surface area contributed by atoms with E-state index in [0.717, 1.165) is 12.1 Å². The van der Waals surface area contributed by atoms with E-state index in [-0.39, 0.29) is 71.3 Å². The Morgan fingerprint density at radius 2 is 0.800 bits per heavy atom. The van der Waals surface area contributed by atoms with Crippen molar-refractivity contribution in [1.29, 1.82) is 0 Å². The monoisotopic (exact) mass is 856 g/mol. The summed E-state index contributed by atoms with van der Waals surface area (Å²) in [5.74, 6) is 0.436. The molecule has 0 bridgehead atoms. The number of benzene rings is 4. The van der Waals surface area contributed by atoms with Crippen molar-refractivity contribution in [1.82, 2.24) is 29.9 Å². The number of hydrogen-bond acceptors (Lipinski definition) is 18. The van der Waals surface area contributed by atoms with Crippen molar-refractivity contribution in [3.8, 4) is 0 Å². The molecule has 2 unspecified atom stereocenters. The van der Waals surface area contributed by atoms with Gasteiger partial charge < -0.3 is 42.1 Å². The van der Waals surface area contributed by atoms with E-state index >= 15 is 0 Å². The van der Waals surface area contributed by atoms with Gasteiger partial charge in [0.05, 0.1) is 12.2 Å². The van der Waals surface area contributed by atoms with E-state index in [9.17, 15) is 36.2 Å². The second-order valence-corrected chi connectivity index (χ2v) is 15.9. The van der Waals surface area contributed by atoms with Crippen LogP contribution in [0.2, 0.25) is 0 Å². The quantitative estimate of drug-likeness (QED) is 0.0388. The van der Waals surface area contributed by atoms with E-state index in [0.29, 0.717) is 11.4 Å². The Labute approximate surface area is 344 Å². The van der Waals surface area contributed by atoms with Gasteiger partial charge in [0.2, 0.25) is 35.7 Å². The largest absolute Gasteiger partial charge is 0.392 e. The number of rotatable bonds is 18. The van der Waals surface area contributed by atoms with Gasteiger partial charge in [0.25, 0.3) is 20.2 Å². The first-order valence-electron chi connectivity index (χ1n) is 18.0. The van der Waals surface area contributed by atoms with Crippen LogP contribution in [-0.4, -0.2) is 91.4 Å². The summed E-state index contributed by atoms with van der Waals surface area (Å²) in [6, 6.07) is 26.0. The molecule has 22 heteroatoms. The van der Waals surface area contributed by atoms with Gasteiger partial charge in [0.1, 0.15) is 9.79 Å². The van der Waals surface area contributed by atoms with Gasteiger partial charge in [-0.1, -0.05) is 60.7 Å². The number of nitrogens with one attached hydrogen (secondary N) is 6. The lowest BCUT2D eigenvalue weighted by atomic mass is 10.1. The van der Waals surface area contributed by atoms with Crippen LogP contribution < -0.4 is 31.9 Å². The highest BCUT2D eigenvalue weighted by Crippen LogP contribution is 2.29. The third kappa shape index (κ3) is 12.3. The Hall–Kier alpha value is -6.82. The van der Waals surface area contributed by atoms with E-state index < -0.39 is 42.2 Å². The average Bonchev–Trinajstić information content (AvgIpc) is 3.19. The number of aliphatic hydroxyl groups excluding tert-OH is 2.